The predicted molar refractivity (Wildman–Crippen MR) is 122 cm³/mol. The van der Waals surface area contributed by atoms with E-state index < -0.39 is 0 Å². The summed E-state index contributed by atoms with van der Waals surface area (Å²) in [6, 6.07) is 24.0. The SMILES string of the molecule is COCCOc1ccccc1C(=O)Nc1ccc(NC(=O)CCc2ccccc2)cc1. The lowest BCUT2D eigenvalue weighted by atomic mass is 10.1. The number of hydrogen-bond acceptors (Lipinski definition) is 4. The Kier molecular flexibility index (Phi) is 8.20. The number of anilines is 2. The molecule has 31 heavy (non-hydrogen) atoms. The highest BCUT2D eigenvalue weighted by molar-refractivity contribution is 6.06. The summed E-state index contributed by atoms with van der Waals surface area (Å²) in [5.41, 5.74) is 2.87. The van der Waals surface area contributed by atoms with Gasteiger partial charge in [0.2, 0.25) is 5.91 Å². The monoisotopic (exact) mass is 418 g/mol. The minimum atomic E-state index is -0.271. The molecule has 0 aliphatic heterocycles. The maximum atomic E-state index is 12.7. The van der Waals surface area contributed by atoms with Gasteiger partial charge < -0.3 is 20.1 Å². The van der Waals surface area contributed by atoms with Crippen LogP contribution in [0.3, 0.4) is 0 Å². The first-order chi connectivity index (χ1) is 15.2. The molecule has 3 aromatic rings. The van der Waals surface area contributed by atoms with Crippen LogP contribution < -0.4 is 15.4 Å². The van der Waals surface area contributed by atoms with Gasteiger partial charge in [-0.1, -0.05) is 42.5 Å². The van der Waals surface area contributed by atoms with Crippen molar-refractivity contribution in [1.82, 2.24) is 0 Å². The van der Waals surface area contributed by atoms with E-state index in [1.165, 1.54) is 0 Å². The molecule has 0 spiro atoms. The molecular weight excluding hydrogens is 392 g/mol. The molecule has 0 unspecified atom stereocenters. The van der Waals surface area contributed by atoms with E-state index in [0.29, 0.717) is 48.7 Å². The van der Waals surface area contributed by atoms with Gasteiger partial charge in [-0.15, -0.1) is 0 Å². The lowest BCUT2D eigenvalue weighted by Gasteiger charge is -2.12. The summed E-state index contributed by atoms with van der Waals surface area (Å²) in [6.45, 7) is 0.800. The van der Waals surface area contributed by atoms with Crippen LogP contribution in [0.25, 0.3) is 0 Å². The summed E-state index contributed by atoms with van der Waals surface area (Å²) >= 11 is 0. The Balaban J connectivity index is 1.53. The van der Waals surface area contributed by atoms with Crippen LogP contribution >= 0.6 is 0 Å². The molecule has 2 amide bonds. The summed E-state index contributed by atoms with van der Waals surface area (Å²) in [6.07, 6.45) is 1.09. The quantitative estimate of drug-likeness (QED) is 0.474. The van der Waals surface area contributed by atoms with Gasteiger partial charge in [0.25, 0.3) is 5.91 Å². The average molecular weight is 418 g/mol. The Morgan fingerprint density at radius 1 is 0.774 bits per heavy atom. The molecule has 3 rings (SSSR count). The Morgan fingerprint density at radius 2 is 1.42 bits per heavy atom. The van der Waals surface area contributed by atoms with Crippen LogP contribution in [-0.4, -0.2) is 32.1 Å². The molecule has 0 aromatic heterocycles. The van der Waals surface area contributed by atoms with E-state index in [0.717, 1.165) is 5.56 Å². The van der Waals surface area contributed by atoms with Crippen molar-refractivity contribution in [3.05, 3.63) is 90.0 Å². The van der Waals surface area contributed by atoms with E-state index in [2.05, 4.69) is 10.6 Å². The molecule has 0 aliphatic carbocycles. The highest BCUT2D eigenvalue weighted by Crippen LogP contribution is 2.21. The molecule has 2 N–H and O–H groups in total. The van der Waals surface area contributed by atoms with Crippen LogP contribution in [0.5, 0.6) is 5.75 Å². The van der Waals surface area contributed by atoms with Crippen LogP contribution in [-0.2, 0) is 16.0 Å². The van der Waals surface area contributed by atoms with Crippen molar-refractivity contribution < 1.29 is 19.1 Å². The number of benzene rings is 3. The van der Waals surface area contributed by atoms with Gasteiger partial charge in [-0.25, -0.2) is 0 Å². The third-order valence-corrected chi connectivity index (χ3v) is 4.59. The molecule has 0 saturated carbocycles. The number of carbonyl (C=O) groups excluding carboxylic acids is 2. The minimum absolute atomic E-state index is 0.0530. The van der Waals surface area contributed by atoms with Gasteiger partial charge >= 0.3 is 0 Å². The molecule has 0 heterocycles. The molecule has 0 aliphatic rings. The highest BCUT2D eigenvalue weighted by Gasteiger charge is 2.12. The summed E-state index contributed by atoms with van der Waals surface area (Å²) < 4.78 is 10.6. The highest BCUT2D eigenvalue weighted by atomic mass is 16.5. The summed E-state index contributed by atoms with van der Waals surface area (Å²) in [5.74, 6) is 0.176. The second kappa shape index (κ2) is 11.5. The molecule has 0 bridgehead atoms. The lowest BCUT2D eigenvalue weighted by Crippen LogP contribution is -2.15. The zero-order chi connectivity index (χ0) is 21.9. The Bertz CT molecular complexity index is 988. The van der Waals surface area contributed by atoms with Crippen molar-refractivity contribution in [2.24, 2.45) is 0 Å². The number of para-hydroxylation sites is 1. The van der Waals surface area contributed by atoms with Crippen LogP contribution in [0.1, 0.15) is 22.3 Å². The topological polar surface area (TPSA) is 76.7 Å². The third kappa shape index (κ3) is 6.97. The third-order valence-electron chi connectivity index (χ3n) is 4.59. The maximum absolute atomic E-state index is 12.7. The summed E-state index contributed by atoms with van der Waals surface area (Å²) in [5, 5.41) is 5.73. The van der Waals surface area contributed by atoms with Crippen molar-refractivity contribution in [1.29, 1.82) is 0 Å². The van der Waals surface area contributed by atoms with Crippen molar-refractivity contribution in [3.63, 3.8) is 0 Å². The zero-order valence-electron chi connectivity index (χ0n) is 17.5. The second-order valence-electron chi connectivity index (χ2n) is 6.90. The fourth-order valence-electron chi connectivity index (χ4n) is 2.98. The number of amides is 2. The predicted octanol–water partition coefficient (Wildman–Crippen LogP) is 4.54. The molecule has 6 heteroatoms. The number of rotatable bonds is 10. The molecule has 0 saturated heterocycles. The average Bonchev–Trinajstić information content (AvgIpc) is 2.80. The maximum Gasteiger partial charge on any atom is 0.259 e. The van der Waals surface area contributed by atoms with Gasteiger partial charge in [0, 0.05) is 24.9 Å². The van der Waals surface area contributed by atoms with E-state index in [9.17, 15) is 9.59 Å². The number of methoxy groups -OCH3 is 1. The molecule has 3 aromatic carbocycles. The van der Waals surface area contributed by atoms with E-state index in [-0.39, 0.29) is 11.8 Å². The molecule has 0 atom stereocenters. The largest absolute Gasteiger partial charge is 0.490 e. The normalized spacial score (nSPS) is 10.4. The van der Waals surface area contributed by atoms with Gasteiger partial charge in [-0.2, -0.15) is 0 Å². The fourth-order valence-corrected chi connectivity index (χ4v) is 2.98. The molecule has 6 nitrogen and oxygen atoms in total. The Labute approximate surface area is 182 Å². The fraction of sp³-hybridized carbons (Fsp3) is 0.200. The molecule has 0 fully saturated rings. The van der Waals surface area contributed by atoms with Gasteiger partial charge in [0.15, 0.2) is 0 Å². The Morgan fingerprint density at radius 3 is 2.13 bits per heavy atom. The van der Waals surface area contributed by atoms with Gasteiger partial charge in [0.1, 0.15) is 12.4 Å². The van der Waals surface area contributed by atoms with Gasteiger partial charge in [-0.05, 0) is 48.4 Å². The number of ether oxygens (including phenoxy) is 2. The van der Waals surface area contributed by atoms with E-state index in [1.54, 1.807) is 49.6 Å². The van der Waals surface area contributed by atoms with Crippen molar-refractivity contribution in [3.8, 4) is 5.75 Å². The number of hydrogen-bond donors (Lipinski definition) is 2. The van der Waals surface area contributed by atoms with E-state index >= 15 is 0 Å². The van der Waals surface area contributed by atoms with Crippen molar-refractivity contribution >= 4 is 23.2 Å². The van der Waals surface area contributed by atoms with Crippen LogP contribution in [0.15, 0.2) is 78.9 Å². The summed E-state index contributed by atoms with van der Waals surface area (Å²) in [7, 11) is 1.59. The van der Waals surface area contributed by atoms with Crippen LogP contribution in [0, 0.1) is 0 Å². The first kappa shape index (κ1) is 22.1. The molecule has 160 valence electrons. The van der Waals surface area contributed by atoms with Crippen molar-refractivity contribution in [2.45, 2.75) is 12.8 Å². The summed E-state index contributed by atoms with van der Waals surface area (Å²) in [4.78, 5) is 24.8. The standard InChI is InChI=1S/C25H26N2O4/c1-30-17-18-31-23-10-6-5-9-22(23)25(29)27-21-14-12-20(13-15-21)26-24(28)16-11-19-7-3-2-4-8-19/h2-10,12-15H,11,16-18H2,1H3,(H,26,28)(H,27,29). The first-order valence-corrected chi connectivity index (χ1v) is 10.1. The first-order valence-electron chi connectivity index (χ1n) is 10.1. The molecular formula is C25H26N2O4. The number of aryl methyl sites for hydroxylation is 1. The van der Waals surface area contributed by atoms with Gasteiger partial charge in [0.05, 0.1) is 12.2 Å². The number of carbonyl (C=O) groups is 2. The Hall–Kier alpha value is -3.64. The van der Waals surface area contributed by atoms with Gasteiger partial charge in [-0.3, -0.25) is 9.59 Å². The number of nitrogens with one attached hydrogen (secondary N) is 2. The zero-order valence-corrected chi connectivity index (χ0v) is 17.5. The van der Waals surface area contributed by atoms with E-state index in [4.69, 9.17) is 9.47 Å². The van der Waals surface area contributed by atoms with Crippen LogP contribution in [0.4, 0.5) is 11.4 Å². The van der Waals surface area contributed by atoms with Crippen molar-refractivity contribution in [2.75, 3.05) is 31.0 Å². The van der Waals surface area contributed by atoms with E-state index in [1.807, 2.05) is 36.4 Å². The minimum Gasteiger partial charge on any atom is -0.490 e. The smallest absolute Gasteiger partial charge is 0.259 e. The molecule has 0 radical (unpaired) electrons. The van der Waals surface area contributed by atoms with Crippen LogP contribution in [0.2, 0.25) is 0 Å². The second-order valence-corrected chi connectivity index (χ2v) is 6.90. The lowest BCUT2D eigenvalue weighted by molar-refractivity contribution is -0.116.